The Kier molecular flexibility index (Phi) is 5.49. The summed E-state index contributed by atoms with van der Waals surface area (Å²) in [5, 5.41) is 0. The van der Waals surface area contributed by atoms with Crippen molar-refractivity contribution in [2.45, 2.75) is 12.6 Å². The molecule has 1 fully saturated rings. The fourth-order valence-corrected chi connectivity index (χ4v) is 3.16. The molecule has 3 rings (SSSR count). The molecule has 1 saturated heterocycles. The van der Waals surface area contributed by atoms with Crippen molar-refractivity contribution in [3.63, 3.8) is 0 Å². The molecule has 1 aliphatic rings. The molecule has 1 aliphatic heterocycles. The Morgan fingerprint density at radius 2 is 1.96 bits per heavy atom. The van der Waals surface area contributed by atoms with Crippen molar-refractivity contribution >= 4 is 5.91 Å². The van der Waals surface area contributed by atoms with Gasteiger partial charge in [-0.3, -0.25) is 10.2 Å². The summed E-state index contributed by atoms with van der Waals surface area (Å²) >= 11 is 0. The molecule has 0 spiro atoms. The van der Waals surface area contributed by atoms with E-state index < -0.39 is 5.82 Å². The molecule has 26 heavy (non-hydrogen) atoms. The van der Waals surface area contributed by atoms with Crippen molar-refractivity contribution < 1.29 is 18.3 Å². The fraction of sp³-hybridized carbons (Fsp3) is 0.316. The maximum absolute atomic E-state index is 13.8. The van der Waals surface area contributed by atoms with Crippen LogP contribution in [-0.2, 0) is 11.3 Å². The molecule has 1 heterocycles. The number of halogens is 2. The van der Waals surface area contributed by atoms with Gasteiger partial charge in [-0.05, 0) is 35.4 Å². The van der Waals surface area contributed by atoms with E-state index in [1.807, 2.05) is 0 Å². The highest BCUT2D eigenvalue weighted by Crippen LogP contribution is 2.27. The Morgan fingerprint density at radius 3 is 2.62 bits per heavy atom. The van der Waals surface area contributed by atoms with Gasteiger partial charge in [0.15, 0.2) is 11.6 Å². The lowest BCUT2D eigenvalue weighted by Crippen LogP contribution is -2.36. The normalized spacial score (nSPS) is 19.4. The van der Waals surface area contributed by atoms with E-state index in [4.69, 9.17) is 4.74 Å². The van der Waals surface area contributed by atoms with Gasteiger partial charge in [0, 0.05) is 20.1 Å². The Bertz CT molecular complexity index is 783. The van der Waals surface area contributed by atoms with Crippen LogP contribution in [-0.4, -0.2) is 31.5 Å². The molecule has 0 radical (unpaired) electrons. The van der Waals surface area contributed by atoms with Gasteiger partial charge < -0.3 is 9.64 Å². The van der Waals surface area contributed by atoms with Crippen LogP contribution in [0.4, 0.5) is 8.78 Å². The predicted molar refractivity (Wildman–Crippen MR) is 93.2 cm³/mol. The van der Waals surface area contributed by atoms with Crippen molar-refractivity contribution in [1.29, 1.82) is 0 Å². The standard InChI is InChI=1S/C19H21F2N3O2/c1-24(11-12-3-8-17(26-2)16(21)9-12)19(25)15-10-22-23-18(15)13-4-6-14(20)7-5-13/h3-9,15,18,22-23H,10-11H2,1-2H3. The van der Waals surface area contributed by atoms with Crippen LogP contribution >= 0.6 is 0 Å². The summed E-state index contributed by atoms with van der Waals surface area (Å²) in [6, 6.07) is 10.5. The van der Waals surface area contributed by atoms with Gasteiger partial charge in [-0.25, -0.2) is 14.2 Å². The van der Waals surface area contributed by atoms with Crippen molar-refractivity contribution in [3.8, 4) is 5.75 Å². The Morgan fingerprint density at radius 1 is 1.23 bits per heavy atom. The van der Waals surface area contributed by atoms with Gasteiger partial charge in [0.25, 0.3) is 0 Å². The third-order valence-electron chi connectivity index (χ3n) is 4.54. The molecule has 2 atom stereocenters. The Balaban J connectivity index is 1.71. The molecule has 2 aromatic rings. The lowest BCUT2D eigenvalue weighted by molar-refractivity contribution is -0.134. The molecular weight excluding hydrogens is 340 g/mol. The maximum atomic E-state index is 13.8. The number of methoxy groups -OCH3 is 1. The van der Waals surface area contributed by atoms with Crippen LogP contribution in [0.3, 0.4) is 0 Å². The molecular formula is C19H21F2N3O2. The number of carbonyl (C=O) groups excluding carboxylic acids is 1. The molecule has 0 aromatic heterocycles. The number of carbonyl (C=O) groups is 1. The van der Waals surface area contributed by atoms with Gasteiger partial charge in [0.1, 0.15) is 5.82 Å². The summed E-state index contributed by atoms with van der Waals surface area (Å²) in [6.07, 6.45) is 0. The minimum Gasteiger partial charge on any atom is -0.494 e. The smallest absolute Gasteiger partial charge is 0.229 e. The van der Waals surface area contributed by atoms with Crippen LogP contribution in [0.1, 0.15) is 17.2 Å². The first-order valence-electron chi connectivity index (χ1n) is 8.31. The molecule has 2 aromatic carbocycles. The summed E-state index contributed by atoms with van der Waals surface area (Å²) in [7, 11) is 3.09. The van der Waals surface area contributed by atoms with E-state index in [1.54, 1.807) is 36.2 Å². The maximum Gasteiger partial charge on any atom is 0.229 e. The number of ether oxygens (including phenoxy) is 1. The highest BCUT2D eigenvalue weighted by Gasteiger charge is 2.35. The average molecular weight is 361 g/mol. The van der Waals surface area contributed by atoms with Crippen LogP contribution in [0.2, 0.25) is 0 Å². The van der Waals surface area contributed by atoms with E-state index in [1.165, 1.54) is 25.3 Å². The highest BCUT2D eigenvalue weighted by molar-refractivity contribution is 5.80. The quantitative estimate of drug-likeness (QED) is 0.859. The third-order valence-corrected chi connectivity index (χ3v) is 4.54. The summed E-state index contributed by atoms with van der Waals surface area (Å²) in [5.41, 5.74) is 7.57. The van der Waals surface area contributed by atoms with Crippen LogP contribution < -0.4 is 15.6 Å². The number of hydrogen-bond acceptors (Lipinski definition) is 4. The van der Waals surface area contributed by atoms with Crippen LogP contribution in [0.5, 0.6) is 5.75 Å². The number of nitrogens with one attached hydrogen (secondary N) is 2. The van der Waals surface area contributed by atoms with Gasteiger partial charge in [-0.2, -0.15) is 0 Å². The summed E-state index contributed by atoms with van der Waals surface area (Å²) in [5.74, 6) is -1.02. The van der Waals surface area contributed by atoms with Gasteiger partial charge >= 0.3 is 0 Å². The van der Waals surface area contributed by atoms with Crippen LogP contribution in [0.25, 0.3) is 0 Å². The van der Waals surface area contributed by atoms with E-state index in [0.29, 0.717) is 12.1 Å². The summed E-state index contributed by atoms with van der Waals surface area (Å²) < 4.78 is 31.9. The minimum absolute atomic E-state index is 0.0759. The van der Waals surface area contributed by atoms with E-state index in [9.17, 15) is 13.6 Å². The Hall–Kier alpha value is -2.51. The zero-order valence-electron chi connectivity index (χ0n) is 14.6. The molecule has 7 heteroatoms. The monoisotopic (exact) mass is 361 g/mol. The number of hydrazine groups is 1. The van der Waals surface area contributed by atoms with Gasteiger partial charge in [0.2, 0.25) is 5.91 Å². The molecule has 2 N–H and O–H groups in total. The SMILES string of the molecule is COc1ccc(CN(C)C(=O)C2CNNC2c2ccc(F)cc2)cc1F. The summed E-state index contributed by atoms with van der Waals surface area (Å²) in [6.45, 7) is 0.745. The molecule has 0 bridgehead atoms. The number of rotatable bonds is 5. The first-order chi connectivity index (χ1) is 12.5. The third kappa shape index (κ3) is 3.84. The van der Waals surface area contributed by atoms with Gasteiger partial charge in [-0.1, -0.05) is 18.2 Å². The second-order valence-electron chi connectivity index (χ2n) is 6.32. The number of amides is 1. The van der Waals surface area contributed by atoms with E-state index in [2.05, 4.69) is 10.9 Å². The minimum atomic E-state index is -0.459. The Labute approximate surface area is 150 Å². The molecule has 0 aliphatic carbocycles. The van der Waals surface area contributed by atoms with Crippen molar-refractivity contribution in [2.75, 3.05) is 20.7 Å². The van der Waals surface area contributed by atoms with Crippen molar-refractivity contribution in [2.24, 2.45) is 5.92 Å². The lowest BCUT2D eigenvalue weighted by Gasteiger charge is -2.24. The zero-order chi connectivity index (χ0) is 18.7. The second kappa shape index (κ2) is 7.80. The van der Waals surface area contributed by atoms with Crippen LogP contribution in [0.15, 0.2) is 42.5 Å². The number of benzene rings is 2. The highest BCUT2D eigenvalue weighted by atomic mass is 19.1. The first kappa shape index (κ1) is 18.3. The van der Waals surface area contributed by atoms with E-state index in [0.717, 1.165) is 5.56 Å². The van der Waals surface area contributed by atoms with E-state index in [-0.39, 0.29) is 36.0 Å². The largest absolute Gasteiger partial charge is 0.494 e. The predicted octanol–water partition coefficient (Wildman–Crippen LogP) is 2.40. The molecule has 5 nitrogen and oxygen atoms in total. The van der Waals surface area contributed by atoms with Gasteiger partial charge in [0.05, 0.1) is 19.1 Å². The average Bonchev–Trinajstić information content (AvgIpc) is 3.11. The first-order valence-corrected chi connectivity index (χ1v) is 8.31. The molecule has 138 valence electrons. The second-order valence-corrected chi connectivity index (χ2v) is 6.32. The molecule has 0 saturated carbocycles. The summed E-state index contributed by atoms with van der Waals surface area (Å²) in [4.78, 5) is 14.4. The zero-order valence-corrected chi connectivity index (χ0v) is 14.6. The van der Waals surface area contributed by atoms with Crippen LogP contribution in [0, 0.1) is 17.6 Å². The number of nitrogens with zero attached hydrogens (tertiary/aromatic N) is 1. The van der Waals surface area contributed by atoms with E-state index >= 15 is 0 Å². The van der Waals surface area contributed by atoms with Crippen molar-refractivity contribution in [1.82, 2.24) is 15.8 Å². The number of hydrogen-bond donors (Lipinski definition) is 2. The van der Waals surface area contributed by atoms with Crippen molar-refractivity contribution in [3.05, 3.63) is 65.2 Å². The lowest BCUT2D eigenvalue weighted by atomic mass is 9.93. The molecule has 2 unspecified atom stereocenters. The van der Waals surface area contributed by atoms with Gasteiger partial charge in [-0.15, -0.1) is 0 Å². The molecule has 1 amide bonds. The fourth-order valence-electron chi connectivity index (χ4n) is 3.16. The topological polar surface area (TPSA) is 53.6 Å².